The van der Waals surface area contributed by atoms with E-state index in [2.05, 4.69) is 6.92 Å². The van der Waals surface area contributed by atoms with Gasteiger partial charge in [0.2, 0.25) is 0 Å². The first-order valence-electron chi connectivity index (χ1n) is 6.19. The molecular formula is C14H21FO2. The summed E-state index contributed by atoms with van der Waals surface area (Å²) in [7, 11) is 0. The number of aliphatic hydroxyl groups excluding tert-OH is 1. The van der Waals surface area contributed by atoms with Crippen molar-refractivity contribution in [1.29, 1.82) is 0 Å². The first-order valence-corrected chi connectivity index (χ1v) is 6.19. The van der Waals surface area contributed by atoms with E-state index in [4.69, 9.17) is 4.74 Å². The molecule has 0 heterocycles. The molecule has 1 unspecified atom stereocenters. The molecule has 0 bridgehead atoms. The fourth-order valence-electron chi connectivity index (χ4n) is 1.75. The molecule has 1 N–H and O–H groups in total. The van der Waals surface area contributed by atoms with E-state index >= 15 is 0 Å². The van der Waals surface area contributed by atoms with Crippen LogP contribution in [-0.2, 0) is 11.2 Å². The third-order valence-electron chi connectivity index (χ3n) is 2.69. The van der Waals surface area contributed by atoms with Crippen molar-refractivity contribution in [2.75, 3.05) is 19.8 Å². The van der Waals surface area contributed by atoms with Crippen LogP contribution in [0.25, 0.3) is 0 Å². The first kappa shape index (κ1) is 14.1. The van der Waals surface area contributed by atoms with Crippen LogP contribution in [0.2, 0.25) is 0 Å². The number of benzene rings is 1. The zero-order valence-electron chi connectivity index (χ0n) is 10.4. The Labute approximate surface area is 102 Å². The van der Waals surface area contributed by atoms with E-state index in [9.17, 15) is 9.50 Å². The molecule has 3 heteroatoms. The van der Waals surface area contributed by atoms with Crippen molar-refractivity contribution in [2.24, 2.45) is 5.92 Å². The molecule has 1 aromatic carbocycles. The van der Waals surface area contributed by atoms with Crippen molar-refractivity contribution in [3.05, 3.63) is 35.6 Å². The van der Waals surface area contributed by atoms with Crippen LogP contribution in [0, 0.1) is 11.7 Å². The standard InChI is InChI=1S/C14H21FO2/c1-2-7-17-8-6-13(11-16)9-12-4-3-5-14(15)10-12/h3-5,10,13,16H,2,6-9,11H2,1H3. The van der Waals surface area contributed by atoms with Gasteiger partial charge in [-0.3, -0.25) is 0 Å². The van der Waals surface area contributed by atoms with Gasteiger partial charge in [-0.05, 0) is 42.9 Å². The van der Waals surface area contributed by atoms with Gasteiger partial charge in [-0.25, -0.2) is 4.39 Å². The van der Waals surface area contributed by atoms with Gasteiger partial charge in [0.15, 0.2) is 0 Å². The molecule has 2 nitrogen and oxygen atoms in total. The SMILES string of the molecule is CCCOCCC(CO)Cc1cccc(F)c1. The van der Waals surface area contributed by atoms with E-state index < -0.39 is 0 Å². The molecule has 0 spiro atoms. The zero-order chi connectivity index (χ0) is 12.5. The van der Waals surface area contributed by atoms with Crippen LogP contribution < -0.4 is 0 Å². The molecule has 0 amide bonds. The highest BCUT2D eigenvalue weighted by Gasteiger charge is 2.09. The third kappa shape index (κ3) is 5.80. The summed E-state index contributed by atoms with van der Waals surface area (Å²) in [5.74, 6) is -0.0740. The Bertz CT molecular complexity index is 315. The maximum atomic E-state index is 13.0. The Balaban J connectivity index is 2.35. The van der Waals surface area contributed by atoms with Crippen molar-refractivity contribution in [3.8, 4) is 0 Å². The molecule has 0 aromatic heterocycles. The predicted molar refractivity (Wildman–Crippen MR) is 66.4 cm³/mol. The number of halogens is 1. The van der Waals surface area contributed by atoms with Crippen molar-refractivity contribution in [3.63, 3.8) is 0 Å². The van der Waals surface area contributed by atoms with E-state index in [1.165, 1.54) is 12.1 Å². The van der Waals surface area contributed by atoms with Crippen LogP contribution >= 0.6 is 0 Å². The summed E-state index contributed by atoms with van der Waals surface area (Å²) in [5, 5.41) is 9.26. The maximum Gasteiger partial charge on any atom is 0.123 e. The number of hydrogen-bond donors (Lipinski definition) is 1. The van der Waals surface area contributed by atoms with Crippen molar-refractivity contribution in [1.82, 2.24) is 0 Å². The molecule has 0 radical (unpaired) electrons. The van der Waals surface area contributed by atoms with Gasteiger partial charge >= 0.3 is 0 Å². The average molecular weight is 240 g/mol. The number of ether oxygens (including phenoxy) is 1. The van der Waals surface area contributed by atoms with E-state index in [1.54, 1.807) is 6.07 Å². The van der Waals surface area contributed by atoms with Gasteiger partial charge in [0.05, 0.1) is 0 Å². The van der Waals surface area contributed by atoms with Gasteiger partial charge < -0.3 is 9.84 Å². The summed E-state index contributed by atoms with van der Waals surface area (Å²) in [6.45, 7) is 3.61. The van der Waals surface area contributed by atoms with E-state index in [-0.39, 0.29) is 18.3 Å². The van der Waals surface area contributed by atoms with Crippen molar-refractivity contribution >= 4 is 0 Å². The summed E-state index contributed by atoms with van der Waals surface area (Å²) in [5.41, 5.74) is 0.930. The second-order valence-electron chi connectivity index (χ2n) is 4.28. The minimum Gasteiger partial charge on any atom is -0.396 e. The lowest BCUT2D eigenvalue weighted by molar-refractivity contribution is 0.106. The predicted octanol–water partition coefficient (Wildman–Crippen LogP) is 2.79. The number of hydrogen-bond acceptors (Lipinski definition) is 2. The summed E-state index contributed by atoms with van der Waals surface area (Å²) in [6, 6.07) is 6.54. The van der Waals surface area contributed by atoms with E-state index in [1.807, 2.05) is 6.07 Å². The lowest BCUT2D eigenvalue weighted by atomic mass is 9.97. The molecular weight excluding hydrogens is 219 g/mol. The Kier molecular flexibility index (Phi) is 6.82. The molecule has 1 aromatic rings. The highest BCUT2D eigenvalue weighted by Crippen LogP contribution is 2.13. The summed E-state index contributed by atoms with van der Waals surface area (Å²) < 4.78 is 18.4. The average Bonchev–Trinajstić information content (AvgIpc) is 2.33. The lowest BCUT2D eigenvalue weighted by Crippen LogP contribution is -2.13. The number of rotatable bonds is 8. The minimum absolute atomic E-state index is 0.117. The Morgan fingerprint density at radius 1 is 1.35 bits per heavy atom. The van der Waals surface area contributed by atoms with Gasteiger partial charge in [0.25, 0.3) is 0 Å². The van der Waals surface area contributed by atoms with Crippen LogP contribution in [0.15, 0.2) is 24.3 Å². The van der Waals surface area contributed by atoms with Crippen molar-refractivity contribution in [2.45, 2.75) is 26.2 Å². The topological polar surface area (TPSA) is 29.5 Å². The summed E-state index contributed by atoms with van der Waals surface area (Å²) in [4.78, 5) is 0. The highest BCUT2D eigenvalue weighted by atomic mass is 19.1. The quantitative estimate of drug-likeness (QED) is 0.708. The normalized spacial score (nSPS) is 12.6. The van der Waals surface area contributed by atoms with Gasteiger partial charge in [0, 0.05) is 19.8 Å². The van der Waals surface area contributed by atoms with Crippen LogP contribution in [0.5, 0.6) is 0 Å². The van der Waals surface area contributed by atoms with Crippen molar-refractivity contribution < 1.29 is 14.2 Å². The van der Waals surface area contributed by atoms with E-state index in [0.717, 1.165) is 25.0 Å². The molecule has 0 saturated carbocycles. The largest absolute Gasteiger partial charge is 0.396 e. The molecule has 17 heavy (non-hydrogen) atoms. The summed E-state index contributed by atoms with van der Waals surface area (Å²) in [6.07, 6.45) is 2.52. The van der Waals surface area contributed by atoms with E-state index in [0.29, 0.717) is 13.0 Å². The molecule has 0 fully saturated rings. The Morgan fingerprint density at radius 2 is 2.18 bits per heavy atom. The smallest absolute Gasteiger partial charge is 0.123 e. The monoisotopic (exact) mass is 240 g/mol. The second kappa shape index (κ2) is 8.20. The zero-order valence-corrected chi connectivity index (χ0v) is 10.4. The van der Waals surface area contributed by atoms with Crippen LogP contribution in [0.4, 0.5) is 4.39 Å². The number of aliphatic hydroxyl groups is 1. The van der Waals surface area contributed by atoms with Crippen LogP contribution in [0.1, 0.15) is 25.3 Å². The fraction of sp³-hybridized carbons (Fsp3) is 0.571. The van der Waals surface area contributed by atoms with Crippen LogP contribution in [-0.4, -0.2) is 24.9 Å². The van der Waals surface area contributed by atoms with Gasteiger partial charge in [-0.1, -0.05) is 19.1 Å². The second-order valence-corrected chi connectivity index (χ2v) is 4.28. The lowest BCUT2D eigenvalue weighted by Gasteiger charge is -2.14. The Hall–Kier alpha value is -0.930. The maximum absolute atomic E-state index is 13.0. The van der Waals surface area contributed by atoms with Gasteiger partial charge in [0.1, 0.15) is 5.82 Å². The fourth-order valence-corrected chi connectivity index (χ4v) is 1.75. The molecule has 1 atom stereocenters. The summed E-state index contributed by atoms with van der Waals surface area (Å²) >= 11 is 0. The molecule has 0 saturated heterocycles. The van der Waals surface area contributed by atoms with Crippen LogP contribution in [0.3, 0.4) is 0 Å². The molecule has 96 valence electrons. The molecule has 0 aliphatic heterocycles. The Morgan fingerprint density at radius 3 is 2.82 bits per heavy atom. The molecule has 0 aliphatic rings. The van der Waals surface area contributed by atoms with Gasteiger partial charge in [-0.2, -0.15) is 0 Å². The highest BCUT2D eigenvalue weighted by molar-refractivity contribution is 5.16. The molecule has 0 aliphatic carbocycles. The first-order chi connectivity index (χ1) is 8.26. The molecule has 1 rings (SSSR count). The third-order valence-corrected chi connectivity index (χ3v) is 2.69. The van der Waals surface area contributed by atoms with Gasteiger partial charge in [-0.15, -0.1) is 0 Å². The minimum atomic E-state index is -0.221.